The van der Waals surface area contributed by atoms with E-state index in [4.69, 9.17) is 9.84 Å². The highest BCUT2D eigenvalue weighted by molar-refractivity contribution is 5.98. The molecule has 0 heterocycles. The predicted octanol–water partition coefficient (Wildman–Crippen LogP) is 2.62. The van der Waals surface area contributed by atoms with Crippen LogP contribution in [0.25, 0.3) is 5.70 Å². The number of nitriles is 1. The van der Waals surface area contributed by atoms with E-state index in [9.17, 15) is 10.1 Å². The molecule has 0 bridgehead atoms. The molecule has 2 aromatic carbocycles. The Morgan fingerprint density at radius 2 is 2.19 bits per heavy atom. The van der Waals surface area contributed by atoms with E-state index in [0.29, 0.717) is 17.2 Å². The molecule has 1 unspecified atom stereocenters. The summed E-state index contributed by atoms with van der Waals surface area (Å²) >= 11 is 0. The number of hydrogen-bond donors (Lipinski definition) is 3. The van der Waals surface area contributed by atoms with Gasteiger partial charge in [0.15, 0.2) is 0 Å². The lowest BCUT2D eigenvalue weighted by Crippen LogP contribution is -2.36. The summed E-state index contributed by atoms with van der Waals surface area (Å²) in [7, 11) is 1.55. The lowest BCUT2D eigenvalue weighted by atomic mass is 10.0. The summed E-state index contributed by atoms with van der Waals surface area (Å²) in [6, 6.07) is 13.8. The third kappa shape index (κ3) is 5.22. The normalized spacial score (nSPS) is 15.1. The molecule has 0 spiro atoms. The van der Waals surface area contributed by atoms with Crippen LogP contribution in [0, 0.1) is 18.3 Å². The van der Waals surface area contributed by atoms with Crippen LogP contribution < -0.4 is 10.6 Å². The molecule has 0 saturated carbocycles. The number of aliphatic hydroxyl groups excluding tert-OH is 1. The van der Waals surface area contributed by atoms with Crippen LogP contribution in [0.5, 0.6) is 0 Å². The zero-order valence-electron chi connectivity index (χ0n) is 18.4. The quantitative estimate of drug-likeness (QED) is 0.439. The van der Waals surface area contributed by atoms with Crippen molar-refractivity contribution in [3.05, 3.63) is 76.4 Å². The largest absolute Gasteiger partial charge is 0.481 e. The minimum atomic E-state index is -0.141. The monoisotopic (exact) mass is 432 g/mol. The van der Waals surface area contributed by atoms with Crippen LogP contribution in [-0.2, 0) is 16.0 Å². The van der Waals surface area contributed by atoms with Gasteiger partial charge in [-0.3, -0.25) is 4.79 Å². The van der Waals surface area contributed by atoms with Crippen molar-refractivity contribution in [1.29, 1.82) is 5.26 Å². The standard InChI is InChI=1S/C25H28N4O3/c1-16-7-8-18(13-19(16)14-26)25(32-3)29-17(2)20-5-4-6-22-21(20)9-10-23(22)28-15-24(31)27-11-12-30/h4-8,13,23,28,30H,2,9-12,15H2,1,3H3,(H,27,31). The highest BCUT2D eigenvalue weighted by Gasteiger charge is 2.25. The van der Waals surface area contributed by atoms with Gasteiger partial charge in [-0.1, -0.05) is 30.8 Å². The summed E-state index contributed by atoms with van der Waals surface area (Å²) in [5.74, 6) is 0.259. The maximum atomic E-state index is 11.9. The molecular weight excluding hydrogens is 404 g/mol. The lowest BCUT2D eigenvalue weighted by Gasteiger charge is -2.15. The molecule has 1 atom stereocenters. The number of methoxy groups -OCH3 is 1. The molecule has 32 heavy (non-hydrogen) atoms. The molecule has 166 valence electrons. The van der Waals surface area contributed by atoms with Crippen LogP contribution in [0.3, 0.4) is 0 Å². The first-order valence-electron chi connectivity index (χ1n) is 10.5. The number of carbonyl (C=O) groups is 1. The Hall–Kier alpha value is -3.47. The Morgan fingerprint density at radius 1 is 1.38 bits per heavy atom. The fourth-order valence-electron chi connectivity index (χ4n) is 3.90. The number of carbonyl (C=O) groups excluding carboxylic acids is 1. The molecular formula is C25H28N4O3. The molecule has 7 nitrogen and oxygen atoms in total. The smallest absolute Gasteiger partial charge is 0.234 e. The zero-order chi connectivity index (χ0) is 23.1. The average molecular weight is 433 g/mol. The first-order valence-corrected chi connectivity index (χ1v) is 10.5. The van der Waals surface area contributed by atoms with Gasteiger partial charge in [-0.2, -0.15) is 5.26 Å². The Bertz CT molecular complexity index is 1090. The van der Waals surface area contributed by atoms with E-state index in [1.54, 1.807) is 13.2 Å². The number of aliphatic imine (C=N–C) groups is 1. The SMILES string of the molecule is C=C(N=C(OC)c1ccc(C)c(C#N)c1)c1cccc2c1CCC2NCC(=O)NCCO. The minimum absolute atomic E-state index is 0.0683. The highest BCUT2D eigenvalue weighted by Crippen LogP contribution is 2.36. The van der Waals surface area contributed by atoms with Crippen LogP contribution in [0.15, 0.2) is 48.0 Å². The molecule has 0 fully saturated rings. The van der Waals surface area contributed by atoms with Crippen molar-refractivity contribution < 1.29 is 14.6 Å². The van der Waals surface area contributed by atoms with Crippen molar-refractivity contribution in [3.8, 4) is 6.07 Å². The third-order valence-corrected chi connectivity index (χ3v) is 5.56. The van der Waals surface area contributed by atoms with E-state index in [0.717, 1.165) is 40.7 Å². The van der Waals surface area contributed by atoms with Gasteiger partial charge in [-0.05, 0) is 48.6 Å². The molecule has 0 radical (unpaired) electrons. The van der Waals surface area contributed by atoms with Crippen molar-refractivity contribution in [1.82, 2.24) is 10.6 Å². The topological polar surface area (TPSA) is 107 Å². The Balaban J connectivity index is 1.80. The van der Waals surface area contributed by atoms with Gasteiger partial charge >= 0.3 is 0 Å². The summed E-state index contributed by atoms with van der Waals surface area (Å²) in [5.41, 5.74) is 6.02. The molecule has 1 aliphatic rings. The van der Waals surface area contributed by atoms with Gasteiger partial charge in [0, 0.05) is 23.7 Å². The van der Waals surface area contributed by atoms with Crippen LogP contribution in [0.1, 0.15) is 45.8 Å². The van der Waals surface area contributed by atoms with E-state index in [1.807, 2.05) is 31.2 Å². The van der Waals surface area contributed by atoms with Gasteiger partial charge in [0.2, 0.25) is 11.8 Å². The summed E-state index contributed by atoms with van der Waals surface area (Å²) in [6.07, 6.45) is 1.72. The Morgan fingerprint density at radius 3 is 2.91 bits per heavy atom. The van der Waals surface area contributed by atoms with Gasteiger partial charge in [0.05, 0.1) is 37.6 Å². The van der Waals surface area contributed by atoms with Gasteiger partial charge in [0.25, 0.3) is 0 Å². The van der Waals surface area contributed by atoms with Crippen molar-refractivity contribution in [2.45, 2.75) is 25.8 Å². The van der Waals surface area contributed by atoms with Crippen LogP contribution >= 0.6 is 0 Å². The first-order chi connectivity index (χ1) is 15.5. The van der Waals surface area contributed by atoms with E-state index < -0.39 is 0 Å². The number of nitrogens with one attached hydrogen (secondary N) is 2. The number of aliphatic hydroxyl groups is 1. The minimum Gasteiger partial charge on any atom is -0.481 e. The molecule has 0 aliphatic heterocycles. The molecule has 7 heteroatoms. The van der Waals surface area contributed by atoms with Crippen LogP contribution in [0.2, 0.25) is 0 Å². The maximum absolute atomic E-state index is 11.9. The van der Waals surface area contributed by atoms with E-state index in [1.165, 1.54) is 0 Å². The van der Waals surface area contributed by atoms with E-state index in [-0.39, 0.29) is 31.6 Å². The second kappa shape index (κ2) is 10.7. The van der Waals surface area contributed by atoms with Crippen molar-refractivity contribution >= 4 is 17.5 Å². The number of fused-ring (bicyclic) bond motifs is 1. The van der Waals surface area contributed by atoms with Gasteiger partial charge in [-0.15, -0.1) is 0 Å². The number of hydrogen-bond acceptors (Lipinski definition) is 6. The van der Waals surface area contributed by atoms with Crippen LogP contribution in [0.4, 0.5) is 0 Å². The molecule has 0 saturated heterocycles. The van der Waals surface area contributed by atoms with Crippen molar-refractivity contribution in [2.75, 3.05) is 26.8 Å². The molecule has 1 aliphatic carbocycles. The molecule has 3 rings (SSSR count). The second-order valence-corrected chi connectivity index (χ2v) is 7.63. The Labute approximate surface area is 188 Å². The van der Waals surface area contributed by atoms with Crippen molar-refractivity contribution in [3.63, 3.8) is 0 Å². The van der Waals surface area contributed by atoms with Gasteiger partial charge in [0.1, 0.15) is 0 Å². The first kappa shape index (κ1) is 23.2. The predicted molar refractivity (Wildman–Crippen MR) is 124 cm³/mol. The second-order valence-electron chi connectivity index (χ2n) is 7.63. The highest BCUT2D eigenvalue weighted by atomic mass is 16.5. The van der Waals surface area contributed by atoms with Gasteiger partial charge in [-0.25, -0.2) is 4.99 Å². The van der Waals surface area contributed by atoms with E-state index in [2.05, 4.69) is 34.3 Å². The number of rotatable bonds is 8. The summed E-state index contributed by atoms with van der Waals surface area (Å²) in [5, 5.41) is 24.1. The fourth-order valence-corrected chi connectivity index (χ4v) is 3.90. The lowest BCUT2D eigenvalue weighted by molar-refractivity contribution is -0.120. The summed E-state index contributed by atoms with van der Waals surface area (Å²) in [4.78, 5) is 16.5. The number of aryl methyl sites for hydroxylation is 1. The fraction of sp³-hybridized carbons (Fsp3) is 0.320. The third-order valence-electron chi connectivity index (χ3n) is 5.56. The number of nitrogens with zero attached hydrogens (tertiary/aromatic N) is 2. The summed E-state index contributed by atoms with van der Waals surface area (Å²) < 4.78 is 5.51. The van der Waals surface area contributed by atoms with Gasteiger partial charge < -0.3 is 20.5 Å². The Kier molecular flexibility index (Phi) is 7.77. The van der Waals surface area contributed by atoms with E-state index >= 15 is 0 Å². The average Bonchev–Trinajstić information content (AvgIpc) is 3.23. The summed E-state index contributed by atoms with van der Waals surface area (Å²) in [6.45, 7) is 6.42. The number of benzene rings is 2. The molecule has 3 N–H and O–H groups in total. The number of ether oxygens (including phenoxy) is 1. The zero-order valence-corrected chi connectivity index (χ0v) is 18.4. The van der Waals surface area contributed by atoms with Crippen molar-refractivity contribution in [2.24, 2.45) is 4.99 Å². The molecule has 2 aromatic rings. The number of amides is 1. The molecule has 1 amide bonds. The van der Waals surface area contributed by atoms with Crippen LogP contribution in [-0.4, -0.2) is 43.7 Å². The maximum Gasteiger partial charge on any atom is 0.234 e. The molecule has 0 aromatic heterocycles.